The van der Waals surface area contributed by atoms with E-state index in [4.69, 9.17) is 4.74 Å². The van der Waals surface area contributed by atoms with E-state index in [1.807, 2.05) is 25.1 Å². The van der Waals surface area contributed by atoms with Gasteiger partial charge in [0.2, 0.25) is 0 Å². The molecule has 1 unspecified atom stereocenters. The van der Waals surface area contributed by atoms with Gasteiger partial charge in [0.1, 0.15) is 5.75 Å². The van der Waals surface area contributed by atoms with E-state index in [2.05, 4.69) is 28.2 Å². The highest BCUT2D eigenvalue weighted by molar-refractivity contribution is 9.10. The molecular formula is C15H22BrNO3S. The number of ether oxygens (including phenoxy) is 1. The summed E-state index contributed by atoms with van der Waals surface area (Å²) >= 11 is 3.47. The summed E-state index contributed by atoms with van der Waals surface area (Å²) in [7, 11) is -2.89. The van der Waals surface area contributed by atoms with Gasteiger partial charge in [-0.3, -0.25) is 0 Å². The molecule has 1 saturated heterocycles. The summed E-state index contributed by atoms with van der Waals surface area (Å²) < 4.78 is 30.0. The number of halogens is 1. The van der Waals surface area contributed by atoms with Crippen molar-refractivity contribution in [3.05, 3.63) is 28.2 Å². The first-order chi connectivity index (χ1) is 9.84. The van der Waals surface area contributed by atoms with E-state index in [0.29, 0.717) is 19.6 Å². The van der Waals surface area contributed by atoms with Crippen LogP contribution < -0.4 is 10.1 Å². The fourth-order valence-corrected chi connectivity index (χ4v) is 5.03. The Morgan fingerprint density at radius 3 is 2.81 bits per heavy atom. The molecule has 1 aliphatic rings. The molecule has 2 rings (SSSR count). The zero-order valence-electron chi connectivity index (χ0n) is 12.5. The molecule has 21 heavy (non-hydrogen) atoms. The van der Waals surface area contributed by atoms with Crippen LogP contribution >= 0.6 is 15.9 Å². The Hall–Kier alpha value is -0.590. The van der Waals surface area contributed by atoms with Gasteiger partial charge in [0, 0.05) is 22.1 Å². The Morgan fingerprint density at radius 2 is 2.19 bits per heavy atom. The molecular weight excluding hydrogens is 354 g/mol. The van der Waals surface area contributed by atoms with Gasteiger partial charge in [0.05, 0.1) is 18.1 Å². The minimum Gasteiger partial charge on any atom is -0.493 e. The van der Waals surface area contributed by atoms with Crippen molar-refractivity contribution in [1.29, 1.82) is 0 Å². The number of hydrogen-bond acceptors (Lipinski definition) is 4. The molecule has 0 aromatic heterocycles. The molecule has 1 atom stereocenters. The van der Waals surface area contributed by atoms with E-state index in [1.54, 1.807) is 0 Å². The van der Waals surface area contributed by atoms with E-state index in [1.165, 1.54) is 0 Å². The van der Waals surface area contributed by atoms with Gasteiger partial charge in [0.15, 0.2) is 9.84 Å². The van der Waals surface area contributed by atoms with Crippen LogP contribution in [0, 0.1) is 0 Å². The molecule has 0 radical (unpaired) electrons. The second-order valence-corrected chi connectivity index (χ2v) is 8.96. The minimum atomic E-state index is -2.89. The van der Waals surface area contributed by atoms with Crippen LogP contribution in [0.2, 0.25) is 0 Å². The van der Waals surface area contributed by atoms with E-state index < -0.39 is 9.84 Å². The monoisotopic (exact) mass is 375 g/mol. The van der Waals surface area contributed by atoms with Crippen molar-refractivity contribution >= 4 is 25.8 Å². The SMILES string of the molecule is CCCOc1ccc(Br)cc1CNC1(C)CCS(=O)(=O)C1. The van der Waals surface area contributed by atoms with Gasteiger partial charge in [-0.1, -0.05) is 22.9 Å². The Morgan fingerprint density at radius 1 is 1.43 bits per heavy atom. The maximum Gasteiger partial charge on any atom is 0.152 e. The Bertz CT molecular complexity index is 603. The zero-order chi connectivity index (χ0) is 15.5. The van der Waals surface area contributed by atoms with Gasteiger partial charge >= 0.3 is 0 Å². The third kappa shape index (κ3) is 4.69. The van der Waals surface area contributed by atoms with Crippen molar-refractivity contribution in [2.45, 2.75) is 38.8 Å². The lowest BCUT2D eigenvalue weighted by atomic mass is 10.0. The third-order valence-corrected chi connectivity index (χ3v) is 6.09. The van der Waals surface area contributed by atoms with Gasteiger partial charge in [-0.05, 0) is 38.0 Å². The second kappa shape index (κ2) is 6.67. The average molecular weight is 376 g/mol. The van der Waals surface area contributed by atoms with Crippen LogP contribution in [0.1, 0.15) is 32.3 Å². The Kier molecular flexibility index (Phi) is 5.33. The van der Waals surface area contributed by atoms with Crippen molar-refractivity contribution in [1.82, 2.24) is 5.32 Å². The van der Waals surface area contributed by atoms with Gasteiger partial charge in [-0.15, -0.1) is 0 Å². The molecule has 1 aromatic rings. The van der Waals surface area contributed by atoms with Gasteiger partial charge in [-0.2, -0.15) is 0 Å². The summed E-state index contributed by atoms with van der Waals surface area (Å²) in [5.41, 5.74) is 0.701. The second-order valence-electron chi connectivity index (χ2n) is 5.86. The molecule has 0 spiro atoms. The van der Waals surface area contributed by atoms with Gasteiger partial charge in [-0.25, -0.2) is 8.42 Å². The number of nitrogens with one attached hydrogen (secondary N) is 1. The van der Waals surface area contributed by atoms with E-state index >= 15 is 0 Å². The molecule has 0 aliphatic carbocycles. The minimum absolute atomic E-state index is 0.207. The summed E-state index contributed by atoms with van der Waals surface area (Å²) in [6, 6.07) is 5.92. The van der Waals surface area contributed by atoms with Crippen molar-refractivity contribution in [3.8, 4) is 5.75 Å². The topological polar surface area (TPSA) is 55.4 Å². The maximum atomic E-state index is 11.6. The fraction of sp³-hybridized carbons (Fsp3) is 0.600. The molecule has 1 aromatic carbocycles. The molecule has 1 aliphatic heterocycles. The maximum absolute atomic E-state index is 11.6. The molecule has 1 N–H and O–H groups in total. The molecule has 4 nitrogen and oxygen atoms in total. The van der Waals surface area contributed by atoms with Crippen LogP contribution in [-0.4, -0.2) is 32.1 Å². The van der Waals surface area contributed by atoms with Crippen LogP contribution in [0.3, 0.4) is 0 Å². The lowest BCUT2D eigenvalue weighted by Gasteiger charge is -2.24. The molecule has 1 fully saturated rings. The van der Waals surface area contributed by atoms with Crippen molar-refractivity contribution < 1.29 is 13.2 Å². The van der Waals surface area contributed by atoms with Crippen LogP contribution in [0.15, 0.2) is 22.7 Å². The quantitative estimate of drug-likeness (QED) is 0.830. The smallest absolute Gasteiger partial charge is 0.152 e. The largest absolute Gasteiger partial charge is 0.493 e. The number of benzene rings is 1. The molecule has 6 heteroatoms. The standard InChI is InChI=1S/C15H22BrNO3S/c1-3-7-20-14-5-4-13(16)9-12(14)10-17-15(2)6-8-21(18,19)11-15/h4-5,9,17H,3,6-8,10-11H2,1-2H3. The van der Waals surface area contributed by atoms with E-state index in [-0.39, 0.29) is 17.0 Å². The summed E-state index contributed by atoms with van der Waals surface area (Å²) in [5.74, 6) is 1.34. The molecule has 118 valence electrons. The molecule has 0 amide bonds. The number of sulfone groups is 1. The highest BCUT2D eigenvalue weighted by atomic mass is 79.9. The number of rotatable bonds is 6. The van der Waals surface area contributed by atoms with E-state index in [0.717, 1.165) is 22.2 Å². The highest BCUT2D eigenvalue weighted by Gasteiger charge is 2.37. The third-order valence-electron chi connectivity index (χ3n) is 3.69. The molecule has 0 saturated carbocycles. The van der Waals surface area contributed by atoms with Gasteiger partial charge < -0.3 is 10.1 Å². The predicted octanol–water partition coefficient (Wildman–Crippen LogP) is 2.90. The Balaban J connectivity index is 2.07. The first kappa shape index (κ1) is 16.8. The normalized spacial score (nSPS) is 24.1. The van der Waals surface area contributed by atoms with Crippen LogP contribution in [0.5, 0.6) is 5.75 Å². The van der Waals surface area contributed by atoms with Crippen molar-refractivity contribution in [2.75, 3.05) is 18.1 Å². The lowest BCUT2D eigenvalue weighted by molar-refractivity contribution is 0.310. The average Bonchev–Trinajstić information content (AvgIpc) is 2.70. The lowest BCUT2D eigenvalue weighted by Crippen LogP contribution is -2.42. The Labute approximate surface area is 135 Å². The van der Waals surface area contributed by atoms with Crippen LogP contribution in [0.4, 0.5) is 0 Å². The zero-order valence-corrected chi connectivity index (χ0v) is 14.9. The first-order valence-electron chi connectivity index (χ1n) is 7.20. The predicted molar refractivity (Wildman–Crippen MR) is 88.4 cm³/mol. The van der Waals surface area contributed by atoms with Crippen molar-refractivity contribution in [3.63, 3.8) is 0 Å². The summed E-state index contributed by atoms with van der Waals surface area (Å²) in [6.45, 7) is 5.33. The fourth-order valence-electron chi connectivity index (χ4n) is 2.50. The molecule has 1 heterocycles. The van der Waals surface area contributed by atoms with Crippen molar-refractivity contribution in [2.24, 2.45) is 0 Å². The van der Waals surface area contributed by atoms with Gasteiger partial charge in [0.25, 0.3) is 0 Å². The summed E-state index contributed by atoms with van der Waals surface area (Å²) in [6.07, 6.45) is 1.62. The van der Waals surface area contributed by atoms with Crippen LogP contribution in [0.25, 0.3) is 0 Å². The number of hydrogen-bond donors (Lipinski definition) is 1. The first-order valence-corrected chi connectivity index (χ1v) is 9.82. The molecule has 0 bridgehead atoms. The van der Waals surface area contributed by atoms with Crippen LogP contribution in [-0.2, 0) is 16.4 Å². The summed E-state index contributed by atoms with van der Waals surface area (Å²) in [5, 5.41) is 3.39. The van der Waals surface area contributed by atoms with E-state index in [9.17, 15) is 8.42 Å². The highest BCUT2D eigenvalue weighted by Crippen LogP contribution is 2.27. The summed E-state index contributed by atoms with van der Waals surface area (Å²) in [4.78, 5) is 0.